The Morgan fingerprint density at radius 1 is 1.17 bits per heavy atom. The Morgan fingerprint density at radius 2 is 1.86 bits per heavy atom. The van der Waals surface area contributed by atoms with Crippen LogP contribution in [0.3, 0.4) is 0 Å². The summed E-state index contributed by atoms with van der Waals surface area (Å²) in [7, 11) is -3.01. The van der Waals surface area contributed by atoms with E-state index in [1.165, 1.54) is 18.3 Å². The van der Waals surface area contributed by atoms with Crippen molar-refractivity contribution in [3.05, 3.63) is 40.4 Å². The second-order valence-electron chi connectivity index (χ2n) is 10.9. The molecule has 0 spiro atoms. The lowest BCUT2D eigenvalue weighted by Gasteiger charge is -2.31. The number of halogens is 1. The number of ether oxygens (including phenoxy) is 1. The Bertz CT molecular complexity index is 1390. The summed E-state index contributed by atoms with van der Waals surface area (Å²) in [5, 5.41) is 10.0. The molecule has 3 amide bonds. The summed E-state index contributed by atoms with van der Waals surface area (Å²) in [6.07, 6.45) is 1.85. The van der Waals surface area contributed by atoms with Crippen molar-refractivity contribution in [3.8, 4) is 0 Å². The molecular formula is C28H38ClN5O6S2. The third kappa shape index (κ3) is 9.46. The minimum atomic E-state index is -3.01. The summed E-state index contributed by atoms with van der Waals surface area (Å²) in [5.41, 5.74) is 1.15. The average Bonchev–Trinajstić information content (AvgIpc) is 3.35. The van der Waals surface area contributed by atoms with E-state index < -0.39 is 15.9 Å². The van der Waals surface area contributed by atoms with Gasteiger partial charge in [-0.25, -0.2) is 13.4 Å². The van der Waals surface area contributed by atoms with E-state index in [-0.39, 0.29) is 47.5 Å². The predicted octanol–water partition coefficient (Wildman–Crippen LogP) is 1.56. The zero-order valence-corrected chi connectivity index (χ0v) is 26.1. The van der Waals surface area contributed by atoms with Crippen LogP contribution in [-0.2, 0) is 35.4 Å². The highest BCUT2D eigenvalue weighted by molar-refractivity contribution is 7.91. The molecule has 1 unspecified atom stereocenters. The number of amides is 3. The van der Waals surface area contributed by atoms with Crippen LogP contribution in [0.1, 0.15) is 24.8 Å². The van der Waals surface area contributed by atoms with Crippen molar-refractivity contribution >= 4 is 60.7 Å². The topological polar surface area (TPSA) is 147 Å². The molecule has 230 valence electrons. The highest BCUT2D eigenvalue weighted by atomic mass is 35.5. The zero-order valence-electron chi connectivity index (χ0n) is 23.7. The summed E-state index contributed by atoms with van der Waals surface area (Å²) >= 11 is 7.53. The molecule has 0 bridgehead atoms. The Balaban J connectivity index is 1.35. The molecule has 2 aliphatic rings. The van der Waals surface area contributed by atoms with E-state index in [2.05, 4.69) is 27.5 Å². The van der Waals surface area contributed by atoms with Crippen LogP contribution in [0.2, 0.25) is 5.02 Å². The van der Waals surface area contributed by atoms with Gasteiger partial charge in [-0.1, -0.05) is 18.2 Å². The fourth-order valence-electron chi connectivity index (χ4n) is 5.21. The molecule has 4 rings (SSSR count). The Morgan fingerprint density at radius 3 is 2.55 bits per heavy atom. The second-order valence-corrected chi connectivity index (χ2v) is 14.7. The van der Waals surface area contributed by atoms with Crippen LogP contribution in [0.25, 0.3) is 10.2 Å². The van der Waals surface area contributed by atoms with Crippen LogP contribution in [0.4, 0.5) is 0 Å². The SMILES string of the molecule is C=C(CN1CCS(=O)(=O)CC1)C(=O)NCC(CNC(=O)[C@H](Cc1nc2ccc(Cl)cc2s1)NC(C)=O)C1CCOCC1. The molecule has 11 nitrogen and oxygen atoms in total. The quantitative estimate of drug-likeness (QED) is 0.297. The molecule has 2 aliphatic heterocycles. The van der Waals surface area contributed by atoms with E-state index in [0.717, 1.165) is 23.1 Å². The first-order valence-electron chi connectivity index (χ1n) is 14.1. The highest BCUT2D eigenvalue weighted by Gasteiger charge is 2.28. The van der Waals surface area contributed by atoms with Gasteiger partial charge in [-0.15, -0.1) is 11.3 Å². The number of fused-ring (bicyclic) bond motifs is 1. The van der Waals surface area contributed by atoms with E-state index in [1.807, 2.05) is 17.0 Å². The van der Waals surface area contributed by atoms with Gasteiger partial charge in [0.25, 0.3) is 0 Å². The lowest BCUT2D eigenvalue weighted by molar-refractivity contribution is -0.128. The zero-order chi connectivity index (χ0) is 30.3. The number of nitrogens with one attached hydrogen (secondary N) is 3. The van der Waals surface area contributed by atoms with Gasteiger partial charge in [-0.3, -0.25) is 19.3 Å². The molecule has 42 heavy (non-hydrogen) atoms. The molecule has 3 N–H and O–H groups in total. The van der Waals surface area contributed by atoms with Gasteiger partial charge in [-0.05, 0) is 42.9 Å². The summed E-state index contributed by atoms with van der Waals surface area (Å²) in [4.78, 5) is 44.6. The smallest absolute Gasteiger partial charge is 0.247 e. The van der Waals surface area contributed by atoms with Crippen LogP contribution < -0.4 is 16.0 Å². The van der Waals surface area contributed by atoms with Crippen molar-refractivity contribution in [1.82, 2.24) is 25.8 Å². The first kappa shape index (κ1) is 32.3. The van der Waals surface area contributed by atoms with Crippen LogP contribution in [-0.4, -0.2) is 99.5 Å². The van der Waals surface area contributed by atoms with E-state index in [9.17, 15) is 22.8 Å². The van der Waals surface area contributed by atoms with Gasteiger partial charge in [-0.2, -0.15) is 0 Å². The lowest BCUT2D eigenvalue weighted by atomic mass is 9.85. The standard InChI is InChI=1S/C28H38ClN5O6S2/c1-18(17-34-7-11-42(38,39)12-8-34)27(36)30-15-21(20-5-9-40-10-6-20)16-31-28(37)24(32-19(2)35)14-26-33-23-4-3-22(29)13-25(23)41-26/h3-4,13,20-21,24H,1,5-12,14-17H2,2H3,(H,30,36)(H,31,37)(H,32,35)/t21?,24-/m0/s1. The summed E-state index contributed by atoms with van der Waals surface area (Å²) in [5.74, 6) is -0.600. The molecule has 3 heterocycles. The maximum atomic E-state index is 13.3. The van der Waals surface area contributed by atoms with Gasteiger partial charge in [0, 0.05) is 69.9 Å². The van der Waals surface area contributed by atoms with Gasteiger partial charge in [0.15, 0.2) is 9.84 Å². The largest absolute Gasteiger partial charge is 0.381 e. The number of sulfone groups is 1. The summed E-state index contributed by atoms with van der Waals surface area (Å²) in [6, 6.07) is 4.60. The van der Waals surface area contributed by atoms with Gasteiger partial charge in [0.1, 0.15) is 6.04 Å². The summed E-state index contributed by atoms with van der Waals surface area (Å²) < 4.78 is 29.8. The molecule has 0 aliphatic carbocycles. The van der Waals surface area contributed by atoms with Gasteiger partial charge in [0.2, 0.25) is 17.7 Å². The van der Waals surface area contributed by atoms with E-state index in [1.54, 1.807) is 6.07 Å². The maximum absolute atomic E-state index is 13.3. The molecule has 1 aromatic carbocycles. The molecule has 14 heteroatoms. The van der Waals surface area contributed by atoms with Crippen molar-refractivity contribution in [2.45, 2.75) is 32.2 Å². The number of benzene rings is 1. The molecule has 1 aromatic heterocycles. The van der Waals surface area contributed by atoms with Crippen molar-refractivity contribution in [2.24, 2.45) is 11.8 Å². The minimum Gasteiger partial charge on any atom is -0.381 e. The normalized spacial score (nSPS) is 19.1. The number of aromatic nitrogens is 1. The monoisotopic (exact) mass is 639 g/mol. The highest BCUT2D eigenvalue weighted by Crippen LogP contribution is 2.26. The average molecular weight is 640 g/mol. The third-order valence-corrected chi connectivity index (χ3v) is 10.5. The molecule has 0 radical (unpaired) electrons. The Labute approximate surface area is 255 Å². The first-order chi connectivity index (χ1) is 20.0. The van der Waals surface area contributed by atoms with Crippen molar-refractivity contribution in [2.75, 3.05) is 57.4 Å². The van der Waals surface area contributed by atoms with Gasteiger partial charge >= 0.3 is 0 Å². The number of carbonyl (C=O) groups is 3. The molecule has 0 saturated carbocycles. The lowest BCUT2D eigenvalue weighted by Crippen LogP contribution is -2.50. The number of rotatable bonds is 12. The number of hydrogen-bond acceptors (Lipinski definition) is 9. The predicted molar refractivity (Wildman–Crippen MR) is 163 cm³/mol. The minimum absolute atomic E-state index is 0.0581. The van der Waals surface area contributed by atoms with Crippen LogP contribution in [0, 0.1) is 11.8 Å². The van der Waals surface area contributed by atoms with Gasteiger partial charge < -0.3 is 20.7 Å². The van der Waals surface area contributed by atoms with Crippen molar-refractivity contribution in [1.29, 1.82) is 0 Å². The number of carbonyl (C=O) groups excluding carboxylic acids is 3. The molecule has 2 saturated heterocycles. The fourth-order valence-corrected chi connectivity index (χ4v) is 7.77. The number of thiazole rings is 1. The van der Waals surface area contributed by atoms with Crippen molar-refractivity contribution in [3.63, 3.8) is 0 Å². The second kappa shape index (κ2) is 14.7. The fraction of sp³-hybridized carbons (Fsp3) is 0.571. The Hall–Kier alpha value is -2.58. The first-order valence-corrected chi connectivity index (χ1v) is 17.1. The number of hydrogen-bond donors (Lipinski definition) is 3. The van der Waals surface area contributed by atoms with Crippen molar-refractivity contribution < 1.29 is 27.5 Å². The maximum Gasteiger partial charge on any atom is 0.247 e. The van der Waals surface area contributed by atoms with Crippen LogP contribution in [0.5, 0.6) is 0 Å². The van der Waals surface area contributed by atoms with E-state index in [0.29, 0.717) is 61.5 Å². The van der Waals surface area contributed by atoms with Crippen LogP contribution in [0.15, 0.2) is 30.4 Å². The number of nitrogens with zero attached hydrogens (tertiary/aromatic N) is 2. The molecular weight excluding hydrogens is 602 g/mol. The van der Waals surface area contributed by atoms with Gasteiger partial charge in [0.05, 0.1) is 26.7 Å². The van der Waals surface area contributed by atoms with E-state index in [4.69, 9.17) is 16.3 Å². The Kier molecular flexibility index (Phi) is 11.3. The molecule has 2 fully saturated rings. The van der Waals surface area contributed by atoms with E-state index >= 15 is 0 Å². The third-order valence-electron chi connectivity index (χ3n) is 7.64. The molecule has 2 atom stereocenters. The summed E-state index contributed by atoms with van der Waals surface area (Å²) in [6.45, 7) is 8.22. The van der Waals surface area contributed by atoms with Crippen LogP contribution >= 0.6 is 22.9 Å². The molecule has 2 aromatic rings.